The van der Waals surface area contributed by atoms with Crippen LogP contribution >= 0.6 is 0 Å². The zero-order valence-electron chi connectivity index (χ0n) is 15.7. The van der Waals surface area contributed by atoms with Gasteiger partial charge in [-0.25, -0.2) is 4.98 Å². The Bertz CT molecular complexity index is 1030. The van der Waals surface area contributed by atoms with E-state index >= 15 is 0 Å². The van der Waals surface area contributed by atoms with Gasteiger partial charge in [0.05, 0.1) is 23.0 Å². The van der Waals surface area contributed by atoms with E-state index in [4.69, 9.17) is 4.98 Å². The Morgan fingerprint density at radius 1 is 1.19 bits per heavy atom. The molecule has 1 aliphatic carbocycles. The smallest absolute Gasteiger partial charge is 0.253 e. The standard InChI is InChI=1S/C22H24N4O/c1-13-14(2)26-12-18(22(27)24-16-8-9-16)17-10-11-19(15-6-4-3-5-7-15)25-20(17)21(26)23-13/h3-7,12,16,19,25H,8-11H2,1-2H3,(H,24,27)/t19-/m1/s1. The molecule has 0 radical (unpaired) electrons. The first-order chi connectivity index (χ1) is 13.1. The van der Waals surface area contributed by atoms with Gasteiger partial charge < -0.3 is 15.0 Å². The highest BCUT2D eigenvalue weighted by Crippen LogP contribution is 2.38. The zero-order valence-corrected chi connectivity index (χ0v) is 15.7. The average molecular weight is 360 g/mol. The van der Waals surface area contributed by atoms with Gasteiger partial charge in [-0.15, -0.1) is 0 Å². The first-order valence-corrected chi connectivity index (χ1v) is 9.75. The topological polar surface area (TPSA) is 58.4 Å². The summed E-state index contributed by atoms with van der Waals surface area (Å²) in [5.41, 5.74) is 7.16. The third-order valence-electron chi connectivity index (χ3n) is 5.86. The molecule has 1 fully saturated rings. The van der Waals surface area contributed by atoms with Crippen molar-refractivity contribution < 1.29 is 4.79 Å². The van der Waals surface area contributed by atoms with Crippen LogP contribution in [-0.4, -0.2) is 21.3 Å². The number of carbonyl (C=O) groups is 1. The molecule has 3 heterocycles. The van der Waals surface area contributed by atoms with Crippen LogP contribution in [0.3, 0.4) is 0 Å². The number of benzene rings is 1. The third kappa shape index (κ3) is 2.78. The van der Waals surface area contributed by atoms with Crippen molar-refractivity contribution in [2.45, 2.75) is 51.6 Å². The summed E-state index contributed by atoms with van der Waals surface area (Å²) < 4.78 is 2.07. The number of nitrogens with one attached hydrogen (secondary N) is 2. The van der Waals surface area contributed by atoms with Gasteiger partial charge in [-0.05, 0) is 50.7 Å². The van der Waals surface area contributed by atoms with Crippen LogP contribution < -0.4 is 10.6 Å². The molecule has 0 unspecified atom stereocenters. The highest BCUT2D eigenvalue weighted by Gasteiger charge is 2.30. The second-order valence-corrected chi connectivity index (χ2v) is 7.77. The molecule has 0 saturated heterocycles. The predicted octanol–water partition coefficient (Wildman–Crippen LogP) is 3.94. The average Bonchev–Trinajstić information content (AvgIpc) is 3.46. The molecule has 3 aromatic rings. The maximum absolute atomic E-state index is 12.9. The summed E-state index contributed by atoms with van der Waals surface area (Å²) in [6.07, 6.45) is 6.00. The van der Waals surface area contributed by atoms with Crippen LogP contribution in [0.2, 0.25) is 0 Å². The number of nitrogens with zero attached hydrogens (tertiary/aromatic N) is 2. The number of rotatable bonds is 3. The minimum Gasteiger partial charge on any atom is -0.375 e. The van der Waals surface area contributed by atoms with E-state index in [-0.39, 0.29) is 11.9 Å². The molecule has 0 spiro atoms. The summed E-state index contributed by atoms with van der Waals surface area (Å²) in [6.45, 7) is 4.08. The SMILES string of the molecule is Cc1nc2c3c(c(C(=O)NC4CC4)cn2c1C)CC[C@H](c1ccccc1)N3. The van der Waals surface area contributed by atoms with Crippen LogP contribution in [0, 0.1) is 13.8 Å². The Hall–Kier alpha value is -2.82. The Kier molecular flexibility index (Phi) is 3.71. The third-order valence-corrected chi connectivity index (χ3v) is 5.86. The van der Waals surface area contributed by atoms with E-state index in [1.165, 1.54) is 5.56 Å². The van der Waals surface area contributed by atoms with E-state index in [0.717, 1.165) is 59.5 Å². The van der Waals surface area contributed by atoms with Gasteiger partial charge in [0.25, 0.3) is 5.91 Å². The molecule has 0 bridgehead atoms. The fourth-order valence-electron chi connectivity index (χ4n) is 4.01. The van der Waals surface area contributed by atoms with Crippen LogP contribution in [-0.2, 0) is 6.42 Å². The molecule has 1 saturated carbocycles. The molecule has 1 amide bonds. The molecule has 1 aliphatic heterocycles. The lowest BCUT2D eigenvalue weighted by atomic mass is 9.91. The van der Waals surface area contributed by atoms with Gasteiger partial charge in [0.15, 0.2) is 5.65 Å². The maximum Gasteiger partial charge on any atom is 0.253 e. The van der Waals surface area contributed by atoms with Gasteiger partial charge in [0.1, 0.15) is 0 Å². The molecule has 5 rings (SSSR count). The molecular weight excluding hydrogens is 336 g/mol. The van der Waals surface area contributed by atoms with E-state index in [2.05, 4.69) is 46.2 Å². The number of carbonyl (C=O) groups excluding carboxylic acids is 1. The predicted molar refractivity (Wildman–Crippen MR) is 106 cm³/mol. The number of anilines is 1. The van der Waals surface area contributed by atoms with Crippen LogP contribution in [0.5, 0.6) is 0 Å². The molecule has 1 aromatic carbocycles. The summed E-state index contributed by atoms with van der Waals surface area (Å²) in [5, 5.41) is 6.85. The molecule has 5 nitrogen and oxygen atoms in total. The lowest BCUT2D eigenvalue weighted by Crippen LogP contribution is -2.29. The van der Waals surface area contributed by atoms with Crippen LogP contribution in [0.15, 0.2) is 36.5 Å². The monoisotopic (exact) mass is 360 g/mol. The molecule has 2 N–H and O–H groups in total. The summed E-state index contributed by atoms with van der Waals surface area (Å²) in [6, 6.07) is 11.1. The summed E-state index contributed by atoms with van der Waals surface area (Å²) >= 11 is 0. The van der Waals surface area contributed by atoms with E-state index < -0.39 is 0 Å². The van der Waals surface area contributed by atoms with Crippen LogP contribution in [0.4, 0.5) is 5.69 Å². The van der Waals surface area contributed by atoms with Gasteiger partial charge in [0, 0.05) is 17.9 Å². The Morgan fingerprint density at radius 2 is 1.96 bits per heavy atom. The highest BCUT2D eigenvalue weighted by atomic mass is 16.1. The molecular formula is C22H24N4O. The van der Waals surface area contributed by atoms with Crippen molar-refractivity contribution in [1.82, 2.24) is 14.7 Å². The van der Waals surface area contributed by atoms with Crippen molar-refractivity contribution in [3.63, 3.8) is 0 Å². The molecule has 27 heavy (non-hydrogen) atoms. The first kappa shape index (κ1) is 16.4. The highest BCUT2D eigenvalue weighted by molar-refractivity contribution is 5.99. The van der Waals surface area contributed by atoms with Gasteiger partial charge in [0.2, 0.25) is 0 Å². The van der Waals surface area contributed by atoms with Crippen molar-refractivity contribution in [2.75, 3.05) is 5.32 Å². The van der Waals surface area contributed by atoms with Gasteiger partial charge in [-0.3, -0.25) is 4.79 Å². The largest absolute Gasteiger partial charge is 0.375 e. The molecule has 5 heteroatoms. The number of aryl methyl sites for hydroxylation is 2. The normalized spacial score (nSPS) is 18.8. The van der Waals surface area contributed by atoms with Gasteiger partial charge >= 0.3 is 0 Å². The van der Waals surface area contributed by atoms with Crippen molar-refractivity contribution in [3.8, 4) is 0 Å². The van der Waals surface area contributed by atoms with Crippen LogP contribution in [0.25, 0.3) is 5.65 Å². The van der Waals surface area contributed by atoms with Gasteiger partial charge in [-0.2, -0.15) is 0 Å². The zero-order chi connectivity index (χ0) is 18.5. The number of imidazole rings is 1. The Labute approximate surface area is 158 Å². The van der Waals surface area contributed by atoms with Crippen molar-refractivity contribution in [3.05, 3.63) is 64.6 Å². The van der Waals surface area contributed by atoms with Crippen molar-refractivity contribution >= 4 is 17.2 Å². The Balaban J connectivity index is 1.63. The van der Waals surface area contributed by atoms with E-state index in [9.17, 15) is 4.79 Å². The van der Waals surface area contributed by atoms with Gasteiger partial charge in [-0.1, -0.05) is 30.3 Å². The maximum atomic E-state index is 12.9. The molecule has 138 valence electrons. The molecule has 2 aliphatic rings. The number of pyridine rings is 1. The number of hydrogen-bond donors (Lipinski definition) is 2. The van der Waals surface area contributed by atoms with E-state index in [1.54, 1.807) is 0 Å². The molecule has 1 atom stereocenters. The van der Waals surface area contributed by atoms with E-state index in [0.29, 0.717) is 6.04 Å². The second kappa shape index (κ2) is 6.12. The van der Waals surface area contributed by atoms with Crippen LogP contribution in [0.1, 0.15) is 58.2 Å². The fraction of sp³-hybridized carbons (Fsp3) is 0.364. The number of aromatic nitrogens is 2. The van der Waals surface area contributed by atoms with E-state index in [1.807, 2.05) is 19.2 Å². The molecule has 2 aromatic heterocycles. The quantitative estimate of drug-likeness (QED) is 0.744. The minimum atomic E-state index is 0.0429. The summed E-state index contributed by atoms with van der Waals surface area (Å²) in [7, 11) is 0. The minimum absolute atomic E-state index is 0.0429. The lowest BCUT2D eigenvalue weighted by Gasteiger charge is -2.29. The Morgan fingerprint density at radius 3 is 2.70 bits per heavy atom. The number of fused-ring (bicyclic) bond motifs is 3. The summed E-state index contributed by atoms with van der Waals surface area (Å²) in [4.78, 5) is 17.7. The van der Waals surface area contributed by atoms with Crippen molar-refractivity contribution in [1.29, 1.82) is 0 Å². The number of amides is 1. The first-order valence-electron chi connectivity index (χ1n) is 9.75. The fourth-order valence-corrected chi connectivity index (χ4v) is 4.01. The summed E-state index contributed by atoms with van der Waals surface area (Å²) in [5.74, 6) is 0.0429. The van der Waals surface area contributed by atoms with Crippen molar-refractivity contribution in [2.24, 2.45) is 0 Å². The lowest BCUT2D eigenvalue weighted by molar-refractivity contribution is 0.0949. The second-order valence-electron chi connectivity index (χ2n) is 7.77. The number of hydrogen-bond acceptors (Lipinski definition) is 3.